The molecule has 0 amide bonds. The van der Waals surface area contributed by atoms with Gasteiger partial charge < -0.3 is 10.2 Å². The third kappa shape index (κ3) is 3.99. The first-order chi connectivity index (χ1) is 7.11. The van der Waals surface area contributed by atoms with E-state index in [0.717, 1.165) is 5.56 Å². The van der Waals surface area contributed by atoms with Crippen molar-refractivity contribution in [3.63, 3.8) is 0 Å². The quantitative estimate of drug-likeness (QED) is 0.767. The topological polar surface area (TPSA) is 60.8 Å². The van der Waals surface area contributed by atoms with E-state index < -0.39 is 5.97 Å². The van der Waals surface area contributed by atoms with E-state index in [0.29, 0.717) is 13.1 Å². The number of nitrogens with zero attached hydrogens (tertiary/aromatic N) is 1. The number of carbonyl (C=O) groups is 1. The maximum atomic E-state index is 10.5. The Balaban J connectivity index is 2.62. The molecule has 0 unspecified atom stereocenters. The number of phenolic OH excluding ortho intramolecular Hbond substituents is 1. The van der Waals surface area contributed by atoms with Crippen LogP contribution < -0.4 is 0 Å². The van der Waals surface area contributed by atoms with Crippen LogP contribution in [0.5, 0.6) is 5.75 Å². The molecule has 15 heavy (non-hydrogen) atoms. The summed E-state index contributed by atoms with van der Waals surface area (Å²) in [5.41, 5.74) is 0.915. The average molecular weight is 209 g/mol. The van der Waals surface area contributed by atoms with Crippen molar-refractivity contribution in [3.05, 3.63) is 29.8 Å². The third-order valence-corrected chi connectivity index (χ3v) is 2.12. The molecule has 0 saturated carbocycles. The monoisotopic (exact) mass is 209 g/mol. The second-order valence-corrected chi connectivity index (χ2v) is 3.37. The fourth-order valence-corrected chi connectivity index (χ4v) is 1.38. The number of hydrogen-bond donors (Lipinski definition) is 2. The maximum Gasteiger partial charge on any atom is 0.317 e. The third-order valence-electron chi connectivity index (χ3n) is 2.12. The van der Waals surface area contributed by atoms with Gasteiger partial charge in [0.2, 0.25) is 0 Å². The van der Waals surface area contributed by atoms with Gasteiger partial charge in [-0.3, -0.25) is 9.69 Å². The molecule has 0 aliphatic carbocycles. The van der Waals surface area contributed by atoms with E-state index in [1.54, 1.807) is 23.1 Å². The van der Waals surface area contributed by atoms with Crippen molar-refractivity contribution in [2.45, 2.75) is 13.5 Å². The van der Waals surface area contributed by atoms with Crippen LogP contribution in [-0.2, 0) is 11.3 Å². The molecule has 0 spiro atoms. The zero-order valence-corrected chi connectivity index (χ0v) is 8.68. The zero-order chi connectivity index (χ0) is 11.3. The predicted molar refractivity (Wildman–Crippen MR) is 56.7 cm³/mol. The molecular formula is C11H15NO3. The highest BCUT2D eigenvalue weighted by Gasteiger charge is 2.08. The average Bonchev–Trinajstić information content (AvgIpc) is 2.16. The molecule has 0 aromatic heterocycles. The van der Waals surface area contributed by atoms with Gasteiger partial charge in [-0.1, -0.05) is 19.1 Å². The van der Waals surface area contributed by atoms with Crippen molar-refractivity contribution in [3.8, 4) is 5.75 Å². The van der Waals surface area contributed by atoms with Gasteiger partial charge in [0.05, 0.1) is 6.54 Å². The number of hydrogen-bond acceptors (Lipinski definition) is 3. The number of rotatable bonds is 5. The van der Waals surface area contributed by atoms with Gasteiger partial charge in [0.1, 0.15) is 5.75 Å². The van der Waals surface area contributed by atoms with E-state index >= 15 is 0 Å². The van der Waals surface area contributed by atoms with Crippen molar-refractivity contribution in [2.24, 2.45) is 0 Å². The second-order valence-electron chi connectivity index (χ2n) is 3.37. The van der Waals surface area contributed by atoms with E-state index in [2.05, 4.69) is 0 Å². The summed E-state index contributed by atoms with van der Waals surface area (Å²) in [5, 5.41) is 17.9. The fraction of sp³-hybridized carbons (Fsp3) is 0.364. The second kappa shape index (κ2) is 5.36. The Morgan fingerprint density at radius 3 is 2.73 bits per heavy atom. The maximum absolute atomic E-state index is 10.5. The van der Waals surface area contributed by atoms with Crippen molar-refractivity contribution in [1.82, 2.24) is 4.90 Å². The summed E-state index contributed by atoms with van der Waals surface area (Å²) in [6, 6.07) is 6.85. The highest BCUT2D eigenvalue weighted by molar-refractivity contribution is 5.69. The van der Waals surface area contributed by atoms with Crippen LogP contribution in [0, 0.1) is 0 Å². The van der Waals surface area contributed by atoms with Crippen LogP contribution in [-0.4, -0.2) is 34.2 Å². The summed E-state index contributed by atoms with van der Waals surface area (Å²) in [4.78, 5) is 12.3. The van der Waals surface area contributed by atoms with Crippen LogP contribution in [0.3, 0.4) is 0 Å². The summed E-state index contributed by atoms with van der Waals surface area (Å²) in [6.07, 6.45) is 0. The van der Waals surface area contributed by atoms with Gasteiger partial charge in [-0.25, -0.2) is 0 Å². The summed E-state index contributed by atoms with van der Waals surface area (Å²) in [6.45, 7) is 3.14. The molecule has 0 heterocycles. The number of likely N-dealkylation sites (N-methyl/N-ethyl adjacent to an activating group) is 1. The molecule has 1 rings (SSSR count). The Morgan fingerprint density at radius 1 is 1.47 bits per heavy atom. The summed E-state index contributed by atoms with van der Waals surface area (Å²) < 4.78 is 0. The fourth-order valence-electron chi connectivity index (χ4n) is 1.38. The SMILES string of the molecule is CCN(CC(=O)O)Cc1cccc(O)c1. The van der Waals surface area contributed by atoms with Gasteiger partial charge in [-0.2, -0.15) is 0 Å². The predicted octanol–water partition coefficient (Wildman–Crippen LogP) is 1.30. The molecule has 4 heteroatoms. The van der Waals surface area contributed by atoms with Crippen LogP contribution in [0.1, 0.15) is 12.5 Å². The van der Waals surface area contributed by atoms with Crippen LogP contribution in [0.25, 0.3) is 0 Å². The van der Waals surface area contributed by atoms with Gasteiger partial charge in [0, 0.05) is 6.54 Å². The van der Waals surface area contributed by atoms with E-state index in [1.807, 2.05) is 13.0 Å². The van der Waals surface area contributed by atoms with E-state index in [4.69, 9.17) is 5.11 Å². The van der Waals surface area contributed by atoms with Crippen molar-refractivity contribution in [1.29, 1.82) is 0 Å². The lowest BCUT2D eigenvalue weighted by Gasteiger charge is -2.17. The van der Waals surface area contributed by atoms with Gasteiger partial charge in [0.25, 0.3) is 0 Å². The van der Waals surface area contributed by atoms with E-state index in [1.165, 1.54) is 0 Å². The first-order valence-corrected chi connectivity index (χ1v) is 4.84. The standard InChI is InChI=1S/C11H15NO3/c1-2-12(8-11(14)15)7-9-4-3-5-10(13)6-9/h3-6,13H,2,7-8H2,1H3,(H,14,15). The molecule has 0 aliphatic heterocycles. The van der Waals surface area contributed by atoms with Crippen molar-refractivity contribution in [2.75, 3.05) is 13.1 Å². The molecule has 1 aromatic rings. The Morgan fingerprint density at radius 2 is 2.20 bits per heavy atom. The van der Waals surface area contributed by atoms with Crippen LogP contribution in [0.15, 0.2) is 24.3 Å². The number of benzene rings is 1. The molecule has 1 aromatic carbocycles. The summed E-state index contributed by atoms with van der Waals surface area (Å²) >= 11 is 0. The Kier molecular flexibility index (Phi) is 4.12. The lowest BCUT2D eigenvalue weighted by atomic mass is 10.2. The highest BCUT2D eigenvalue weighted by atomic mass is 16.4. The Hall–Kier alpha value is -1.55. The number of carboxylic acid groups (broad SMARTS) is 1. The van der Waals surface area contributed by atoms with Gasteiger partial charge in [-0.05, 0) is 24.2 Å². The number of aromatic hydroxyl groups is 1. The highest BCUT2D eigenvalue weighted by Crippen LogP contribution is 2.12. The van der Waals surface area contributed by atoms with Gasteiger partial charge in [-0.15, -0.1) is 0 Å². The summed E-state index contributed by atoms with van der Waals surface area (Å²) in [5.74, 6) is -0.629. The molecule has 0 bridgehead atoms. The number of carboxylic acids is 1. The minimum atomic E-state index is -0.836. The molecule has 0 aliphatic rings. The summed E-state index contributed by atoms with van der Waals surface area (Å²) in [7, 11) is 0. The van der Waals surface area contributed by atoms with Gasteiger partial charge in [0.15, 0.2) is 0 Å². The lowest BCUT2D eigenvalue weighted by molar-refractivity contribution is -0.138. The molecule has 0 fully saturated rings. The van der Waals surface area contributed by atoms with Crippen LogP contribution in [0.2, 0.25) is 0 Å². The lowest BCUT2D eigenvalue weighted by Crippen LogP contribution is -2.28. The molecular weight excluding hydrogens is 194 g/mol. The molecule has 2 N–H and O–H groups in total. The van der Waals surface area contributed by atoms with E-state index in [-0.39, 0.29) is 12.3 Å². The molecule has 0 atom stereocenters. The minimum Gasteiger partial charge on any atom is -0.508 e. The van der Waals surface area contributed by atoms with Crippen LogP contribution >= 0.6 is 0 Å². The number of phenols is 1. The van der Waals surface area contributed by atoms with E-state index in [9.17, 15) is 9.90 Å². The molecule has 0 saturated heterocycles. The smallest absolute Gasteiger partial charge is 0.317 e. The Bertz CT molecular complexity index is 338. The molecule has 82 valence electrons. The minimum absolute atomic E-state index is 0.0200. The van der Waals surface area contributed by atoms with Crippen LogP contribution in [0.4, 0.5) is 0 Å². The normalized spacial score (nSPS) is 10.5. The first kappa shape index (κ1) is 11.5. The Labute approximate surface area is 88.8 Å². The number of aliphatic carboxylic acids is 1. The van der Waals surface area contributed by atoms with Crippen molar-refractivity contribution >= 4 is 5.97 Å². The van der Waals surface area contributed by atoms with Crippen molar-refractivity contribution < 1.29 is 15.0 Å². The van der Waals surface area contributed by atoms with Gasteiger partial charge >= 0.3 is 5.97 Å². The molecule has 4 nitrogen and oxygen atoms in total. The zero-order valence-electron chi connectivity index (χ0n) is 8.68. The first-order valence-electron chi connectivity index (χ1n) is 4.84. The molecule has 0 radical (unpaired) electrons. The largest absolute Gasteiger partial charge is 0.508 e.